The molecule has 1 N–H and O–H groups in total. The van der Waals surface area contributed by atoms with Gasteiger partial charge < -0.3 is 9.84 Å². The van der Waals surface area contributed by atoms with E-state index in [0.717, 1.165) is 0 Å². The first-order chi connectivity index (χ1) is 11.1. The second-order valence-corrected chi connectivity index (χ2v) is 5.12. The molecule has 0 saturated carbocycles. The van der Waals surface area contributed by atoms with E-state index in [1.54, 1.807) is 42.5 Å². The van der Waals surface area contributed by atoms with E-state index in [1.165, 1.54) is 6.07 Å². The zero-order valence-electron chi connectivity index (χ0n) is 11.8. The van der Waals surface area contributed by atoms with Crippen LogP contribution >= 0.6 is 11.6 Å². The Kier molecular flexibility index (Phi) is 4.34. The number of rotatable bonds is 4. The minimum Gasteiger partial charge on any atom is -0.343 e. The summed E-state index contributed by atoms with van der Waals surface area (Å²) in [4.78, 5) is 16.0. The Morgan fingerprint density at radius 2 is 1.91 bits per heavy atom. The maximum atomic E-state index is 13.7. The number of hydrogen-bond acceptors (Lipinski definition) is 4. The van der Waals surface area contributed by atoms with E-state index in [-0.39, 0.29) is 29.7 Å². The summed E-state index contributed by atoms with van der Waals surface area (Å²) in [6.07, 6.45) is 0. The van der Waals surface area contributed by atoms with Crippen LogP contribution < -0.4 is 5.32 Å². The topological polar surface area (TPSA) is 68.0 Å². The Labute approximate surface area is 136 Å². The third-order valence-corrected chi connectivity index (χ3v) is 3.34. The van der Waals surface area contributed by atoms with Crippen molar-refractivity contribution in [2.75, 3.05) is 0 Å². The maximum absolute atomic E-state index is 13.7. The third-order valence-electron chi connectivity index (χ3n) is 3.09. The molecule has 1 heterocycles. The minimum absolute atomic E-state index is 0.0446. The molecule has 0 atom stereocenters. The van der Waals surface area contributed by atoms with Crippen LogP contribution in [0.25, 0.3) is 11.4 Å². The average Bonchev–Trinajstić information content (AvgIpc) is 3.02. The van der Waals surface area contributed by atoms with Crippen LogP contribution in [0.5, 0.6) is 0 Å². The van der Waals surface area contributed by atoms with Crippen LogP contribution in [-0.4, -0.2) is 16.0 Å². The van der Waals surface area contributed by atoms with Crippen molar-refractivity contribution in [2.45, 2.75) is 6.54 Å². The molecule has 0 saturated heterocycles. The van der Waals surface area contributed by atoms with E-state index in [1.807, 2.05) is 0 Å². The Hall–Kier alpha value is -2.73. The first kappa shape index (κ1) is 15.2. The lowest BCUT2D eigenvalue weighted by atomic mass is 10.2. The molecule has 1 amide bonds. The Morgan fingerprint density at radius 1 is 1.17 bits per heavy atom. The van der Waals surface area contributed by atoms with Gasteiger partial charge in [-0.1, -0.05) is 28.9 Å². The Morgan fingerprint density at radius 3 is 2.65 bits per heavy atom. The maximum Gasteiger partial charge on any atom is 0.251 e. The molecule has 116 valence electrons. The van der Waals surface area contributed by atoms with Gasteiger partial charge in [-0.25, -0.2) is 4.39 Å². The number of aromatic nitrogens is 2. The van der Waals surface area contributed by atoms with Gasteiger partial charge in [0.15, 0.2) is 0 Å². The van der Waals surface area contributed by atoms with E-state index in [2.05, 4.69) is 15.5 Å². The van der Waals surface area contributed by atoms with Crippen LogP contribution in [0, 0.1) is 5.82 Å². The minimum atomic E-state index is -0.440. The molecule has 0 aliphatic heterocycles. The molecule has 0 bridgehead atoms. The zero-order chi connectivity index (χ0) is 16.2. The first-order valence-electron chi connectivity index (χ1n) is 6.75. The highest BCUT2D eigenvalue weighted by Crippen LogP contribution is 2.19. The summed E-state index contributed by atoms with van der Waals surface area (Å²) < 4.78 is 18.7. The lowest BCUT2D eigenvalue weighted by molar-refractivity contribution is 0.0946. The smallest absolute Gasteiger partial charge is 0.251 e. The van der Waals surface area contributed by atoms with E-state index in [4.69, 9.17) is 16.1 Å². The van der Waals surface area contributed by atoms with E-state index >= 15 is 0 Å². The highest BCUT2D eigenvalue weighted by Gasteiger charge is 2.13. The van der Waals surface area contributed by atoms with Crippen LogP contribution in [0.3, 0.4) is 0 Å². The number of benzene rings is 2. The van der Waals surface area contributed by atoms with Crippen molar-refractivity contribution in [2.24, 2.45) is 0 Å². The molecule has 23 heavy (non-hydrogen) atoms. The van der Waals surface area contributed by atoms with Crippen molar-refractivity contribution >= 4 is 17.5 Å². The zero-order valence-corrected chi connectivity index (χ0v) is 12.5. The highest BCUT2D eigenvalue weighted by atomic mass is 35.5. The number of amides is 1. The molecule has 0 unspecified atom stereocenters. The van der Waals surface area contributed by atoms with Crippen LogP contribution in [0.1, 0.15) is 16.2 Å². The SMILES string of the molecule is O=C(NCc1nc(-c2ccccc2F)no1)c1ccc(Cl)cc1. The van der Waals surface area contributed by atoms with Crippen LogP contribution in [0.2, 0.25) is 5.02 Å². The van der Waals surface area contributed by atoms with Crippen LogP contribution in [0.15, 0.2) is 53.1 Å². The summed E-state index contributed by atoms with van der Waals surface area (Å²) >= 11 is 5.77. The van der Waals surface area contributed by atoms with Gasteiger partial charge in [0, 0.05) is 10.6 Å². The second kappa shape index (κ2) is 6.58. The van der Waals surface area contributed by atoms with Gasteiger partial charge in [-0.15, -0.1) is 0 Å². The quantitative estimate of drug-likeness (QED) is 0.795. The largest absolute Gasteiger partial charge is 0.343 e. The van der Waals surface area contributed by atoms with Crippen molar-refractivity contribution in [3.05, 3.63) is 70.8 Å². The summed E-state index contributed by atoms with van der Waals surface area (Å²) in [6, 6.07) is 12.6. The molecule has 0 radical (unpaired) electrons. The van der Waals surface area contributed by atoms with Crippen LogP contribution in [0.4, 0.5) is 4.39 Å². The average molecular weight is 332 g/mol. The Bertz CT molecular complexity index is 833. The van der Waals surface area contributed by atoms with Gasteiger partial charge in [-0.2, -0.15) is 4.98 Å². The molecule has 0 spiro atoms. The molecule has 1 aromatic heterocycles. The van der Waals surface area contributed by atoms with E-state index < -0.39 is 5.82 Å². The number of carbonyl (C=O) groups excluding carboxylic acids is 1. The summed E-state index contributed by atoms with van der Waals surface area (Å²) in [5.41, 5.74) is 0.703. The molecular formula is C16H11ClFN3O2. The number of carbonyl (C=O) groups is 1. The fourth-order valence-corrected chi connectivity index (χ4v) is 2.06. The van der Waals surface area contributed by atoms with E-state index in [9.17, 15) is 9.18 Å². The summed E-state index contributed by atoms with van der Waals surface area (Å²) in [5.74, 6) is -0.415. The second-order valence-electron chi connectivity index (χ2n) is 4.68. The lowest BCUT2D eigenvalue weighted by Crippen LogP contribution is -2.22. The molecule has 3 aromatic rings. The lowest BCUT2D eigenvalue weighted by Gasteiger charge is -2.02. The van der Waals surface area contributed by atoms with Gasteiger partial charge in [0.25, 0.3) is 5.91 Å². The third kappa shape index (κ3) is 3.54. The molecule has 2 aromatic carbocycles. The van der Waals surface area contributed by atoms with Gasteiger partial charge in [0.05, 0.1) is 12.1 Å². The van der Waals surface area contributed by atoms with Crippen molar-refractivity contribution < 1.29 is 13.7 Å². The van der Waals surface area contributed by atoms with Crippen molar-refractivity contribution in [1.29, 1.82) is 0 Å². The predicted octanol–water partition coefficient (Wildman–Crippen LogP) is 3.46. The van der Waals surface area contributed by atoms with Crippen LogP contribution in [-0.2, 0) is 6.54 Å². The number of hydrogen-bond donors (Lipinski definition) is 1. The fraction of sp³-hybridized carbons (Fsp3) is 0.0625. The molecule has 0 aliphatic carbocycles. The Balaban J connectivity index is 1.67. The summed E-state index contributed by atoms with van der Waals surface area (Å²) in [5, 5.41) is 6.91. The molecule has 7 heteroatoms. The van der Waals surface area contributed by atoms with Gasteiger partial charge in [-0.05, 0) is 36.4 Å². The predicted molar refractivity (Wildman–Crippen MR) is 82.3 cm³/mol. The molecule has 5 nitrogen and oxygen atoms in total. The van der Waals surface area contributed by atoms with Gasteiger partial charge in [0.1, 0.15) is 5.82 Å². The molecule has 3 rings (SSSR count). The van der Waals surface area contributed by atoms with Gasteiger partial charge in [-0.3, -0.25) is 4.79 Å². The van der Waals surface area contributed by atoms with Crippen molar-refractivity contribution in [1.82, 2.24) is 15.5 Å². The van der Waals surface area contributed by atoms with E-state index in [0.29, 0.717) is 10.6 Å². The fourth-order valence-electron chi connectivity index (χ4n) is 1.94. The molecular weight excluding hydrogens is 321 g/mol. The first-order valence-corrected chi connectivity index (χ1v) is 7.12. The monoisotopic (exact) mass is 331 g/mol. The summed E-state index contributed by atoms with van der Waals surface area (Å²) in [7, 11) is 0. The number of halogens is 2. The van der Waals surface area contributed by atoms with Gasteiger partial charge >= 0.3 is 0 Å². The number of nitrogens with zero attached hydrogens (tertiary/aromatic N) is 2. The highest BCUT2D eigenvalue weighted by molar-refractivity contribution is 6.30. The standard InChI is InChI=1S/C16H11ClFN3O2/c17-11-7-5-10(6-8-11)16(22)19-9-14-20-15(21-23-14)12-3-1-2-4-13(12)18/h1-8H,9H2,(H,19,22). The van der Waals surface area contributed by atoms with Gasteiger partial charge in [0.2, 0.25) is 11.7 Å². The molecule has 0 fully saturated rings. The summed E-state index contributed by atoms with van der Waals surface area (Å²) in [6.45, 7) is 0.0446. The van der Waals surface area contributed by atoms with Crippen molar-refractivity contribution in [3.63, 3.8) is 0 Å². The van der Waals surface area contributed by atoms with Crippen molar-refractivity contribution in [3.8, 4) is 11.4 Å². The molecule has 0 aliphatic rings. The number of nitrogens with one attached hydrogen (secondary N) is 1. The normalized spacial score (nSPS) is 10.5.